The predicted octanol–water partition coefficient (Wildman–Crippen LogP) is 2.28. The van der Waals surface area contributed by atoms with Crippen LogP contribution in [-0.4, -0.2) is 34.7 Å². The lowest BCUT2D eigenvalue weighted by molar-refractivity contribution is -0.141. The third-order valence-electron chi connectivity index (χ3n) is 3.18. The Morgan fingerprint density at radius 2 is 1.74 bits per heavy atom. The molecule has 2 aromatic rings. The lowest BCUT2D eigenvalue weighted by Crippen LogP contribution is -2.46. The molecule has 0 unspecified atom stereocenters. The summed E-state index contributed by atoms with van der Waals surface area (Å²) in [6, 6.07) is 14.2. The number of carboxylic acids is 1. The number of aliphatic hydroxyl groups excluding tert-OH is 1. The third kappa shape index (κ3) is 4.08. The normalized spacial score (nSPS) is 11.6. The SMILES string of the molecule is CC(=O)N(c1cccc(Oc2ccccc2)c1)[C@@H](CO)C(=O)O. The molecule has 6 nitrogen and oxygen atoms in total. The summed E-state index contributed by atoms with van der Waals surface area (Å²) in [5.41, 5.74) is 0.340. The van der Waals surface area contributed by atoms with Gasteiger partial charge in [-0.25, -0.2) is 4.79 Å². The molecule has 0 heterocycles. The van der Waals surface area contributed by atoms with Gasteiger partial charge in [-0.15, -0.1) is 0 Å². The van der Waals surface area contributed by atoms with E-state index in [4.69, 9.17) is 4.74 Å². The Morgan fingerprint density at radius 3 is 2.30 bits per heavy atom. The molecule has 1 amide bonds. The summed E-state index contributed by atoms with van der Waals surface area (Å²) in [4.78, 5) is 24.1. The van der Waals surface area contributed by atoms with Crippen LogP contribution < -0.4 is 9.64 Å². The average molecular weight is 315 g/mol. The molecule has 1 atom stereocenters. The van der Waals surface area contributed by atoms with Crippen LogP contribution >= 0.6 is 0 Å². The maximum Gasteiger partial charge on any atom is 0.329 e. The zero-order chi connectivity index (χ0) is 16.8. The Hall–Kier alpha value is -2.86. The summed E-state index contributed by atoms with van der Waals surface area (Å²) in [5.74, 6) is -0.682. The van der Waals surface area contributed by atoms with Gasteiger partial charge in [0.15, 0.2) is 6.04 Å². The Kier molecular flexibility index (Phi) is 5.32. The van der Waals surface area contributed by atoms with E-state index in [1.165, 1.54) is 6.92 Å². The number of hydrogen-bond donors (Lipinski definition) is 2. The summed E-state index contributed by atoms with van der Waals surface area (Å²) >= 11 is 0. The van der Waals surface area contributed by atoms with E-state index in [1.807, 2.05) is 18.2 Å². The molecule has 2 rings (SSSR count). The highest BCUT2D eigenvalue weighted by Crippen LogP contribution is 2.27. The van der Waals surface area contributed by atoms with E-state index in [9.17, 15) is 19.8 Å². The van der Waals surface area contributed by atoms with E-state index in [-0.39, 0.29) is 0 Å². The monoisotopic (exact) mass is 315 g/mol. The van der Waals surface area contributed by atoms with E-state index in [2.05, 4.69) is 0 Å². The summed E-state index contributed by atoms with van der Waals surface area (Å²) in [5, 5.41) is 18.4. The number of carbonyl (C=O) groups excluding carboxylic acids is 1. The summed E-state index contributed by atoms with van der Waals surface area (Å²) in [7, 11) is 0. The molecule has 0 fully saturated rings. The minimum atomic E-state index is -1.35. The quantitative estimate of drug-likeness (QED) is 0.854. The molecular weight excluding hydrogens is 298 g/mol. The van der Waals surface area contributed by atoms with Gasteiger partial charge in [0.1, 0.15) is 11.5 Å². The van der Waals surface area contributed by atoms with Gasteiger partial charge in [0.05, 0.1) is 6.61 Å². The van der Waals surface area contributed by atoms with Crippen molar-refractivity contribution in [1.82, 2.24) is 0 Å². The summed E-state index contributed by atoms with van der Waals surface area (Å²) < 4.78 is 5.67. The first kappa shape index (κ1) is 16.5. The van der Waals surface area contributed by atoms with Crippen LogP contribution in [0.2, 0.25) is 0 Å². The minimum Gasteiger partial charge on any atom is -0.480 e. The molecule has 0 aliphatic carbocycles. The van der Waals surface area contributed by atoms with E-state index in [1.54, 1.807) is 36.4 Å². The largest absolute Gasteiger partial charge is 0.480 e. The van der Waals surface area contributed by atoms with Crippen molar-refractivity contribution in [2.45, 2.75) is 13.0 Å². The minimum absolute atomic E-state index is 0.340. The molecule has 2 aromatic carbocycles. The van der Waals surface area contributed by atoms with Crippen molar-refractivity contribution in [2.24, 2.45) is 0 Å². The number of aliphatic hydroxyl groups is 1. The molecule has 0 bridgehead atoms. The van der Waals surface area contributed by atoms with Crippen molar-refractivity contribution in [3.63, 3.8) is 0 Å². The molecule has 0 aliphatic rings. The van der Waals surface area contributed by atoms with Crippen LogP contribution in [0.5, 0.6) is 11.5 Å². The summed E-state index contributed by atoms with van der Waals surface area (Å²) in [6.45, 7) is 0.564. The van der Waals surface area contributed by atoms with Crippen LogP contribution in [0.3, 0.4) is 0 Å². The van der Waals surface area contributed by atoms with Gasteiger partial charge in [-0.2, -0.15) is 0 Å². The van der Waals surface area contributed by atoms with Gasteiger partial charge in [0, 0.05) is 18.7 Å². The lowest BCUT2D eigenvalue weighted by atomic mass is 10.2. The Labute approximate surface area is 133 Å². The van der Waals surface area contributed by atoms with Crippen molar-refractivity contribution in [3.05, 3.63) is 54.6 Å². The first-order chi connectivity index (χ1) is 11.0. The van der Waals surface area contributed by atoms with Crippen LogP contribution in [0.25, 0.3) is 0 Å². The molecule has 120 valence electrons. The van der Waals surface area contributed by atoms with Gasteiger partial charge in [-0.05, 0) is 24.3 Å². The Bertz CT molecular complexity index is 686. The van der Waals surface area contributed by atoms with Gasteiger partial charge < -0.3 is 14.9 Å². The number of amides is 1. The second-order valence-electron chi connectivity index (χ2n) is 4.84. The molecular formula is C17H17NO5. The maximum atomic E-state index is 11.8. The molecule has 0 aromatic heterocycles. The highest BCUT2D eigenvalue weighted by molar-refractivity contribution is 5.98. The fraction of sp³-hybridized carbons (Fsp3) is 0.176. The fourth-order valence-electron chi connectivity index (χ4n) is 2.17. The first-order valence-electron chi connectivity index (χ1n) is 6.99. The highest BCUT2D eigenvalue weighted by atomic mass is 16.5. The molecule has 0 aliphatic heterocycles. The van der Waals surface area contributed by atoms with E-state index >= 15 is 0 Å². The van der Waals surface area contributed by atoms with E-state index in [0.29, 0.717) is 17.2 Å². The van der Waals surface area contributed by atoms with Gasteiger partial charge in [-0.3, -0.25) is 9.69 Å². The van der Waals surface area contributed by atoms with Crippen LogP contribution in [0.15, 0.2) is 54.6 Å². The Morgan fingerprint density at radius 1 is 1.09 bits per heavy atom. The number of carbonyl (C=O) groups is 2. The average Bonchev–Trinajstić information content (AvgIpc) is 2.53. The zero-order valence-electron chi connectivity index (χ0n) is 12.5. The van der Waals surface area contributed by atoms with Crippen LogP contribution in [0, 0.1) is 0 Å². The molecule has 23 heavy (non-hydrogen) atoms. The standard InChI is InChI=1S/C17H17NO5/c1-12(20)18(16(11-19)17(21)22)13-6-5-9-15(10-13)23-14-7-3-2-4-8-14/h2-10,16,19H,11H2,1H3,(H,21,22)/t16-/m0/s1. The summed E-state index contributed by atoms with van der Waals surface area (Å²) in [6.07, 6.45) is 0. The van der Waals surface area contributed by atoms with E-state index in [0.717, 1.165) is 4.90 Å². The maximum absolute atomic E-state index is 11.8. The number of benzene rings is 2. The van der Waals surface area contributed by atoms with Gasteiger partial charge >= 0.3 is 5.97 Å². The van der Waals surface area contributed by atoms with Gasteiger partial charge in [0.2, 0.25) is 5.91 Å². The van der Waals surface area contributed by atoms with E-state index < -0.39 is 24.5 Å². The molecule has 0 spiro atoms. The van der Waals surface area contributed by atoms with Gasteiger partial charge in [-0.1, -0.05) is 24.3 Å². The number of carboxylic acid groups (broad SMARTS) is 1. The number of aliphatic carboxylic acids is 1. The smallest absolute Gasteiger partial charge is 0.329 e. The molecule has 0 radical (unpaired) electrons. The molecule has 2 N–H and O–H groups in total. The van der Waals surface area contributed by atoms with Crippen molar-refractivity contribution in [1.29, 1.82) is 0 Å². The number of rotatable bonds is 6. The van der Waals surface area contributed by atoms with Crippen molar-refractivity contribution in [3.8, 4) is 11.5 Å². The van der Waals surface area contributed by atoms with Crippen LogP contribution in [0.1, 0.15) is 6.92 Å². The van der Waals surface area contributed by atoms with Crippen molar-refractivity contribution in [2.75, 3.05) is 11.5 Å². The second-order valence-corrected chi connectivity index (χ2v) is 4.84. The van der Waals surface area contributed by atoms with Crippen LogP contribution in [0.4, 0.5) is 5.69 Å². The zero-order valence-corrected chi connectivity index (χ0v) is 12.5. The molecule has 0 saturated heterocycles. The highest BCUT2D eigenvalue weighted by Gasteiger charge is 2.28. The molecule has 6 heteroatoms. The lowest BCUT2D eigenvalue weighted by Gasteiger charge is -2.26. The molecule has 0 saturated carbocycles. The van der Waals surface area contributed by atoms with Gasteiger partial charge in [0.25, 0.3) is 0 Å². The predicted molar refractivity (Wildman–Crippen MR) is 84.6 cm³/mol. The number of hydrogen-bond acceptors (Lipinski definition) is 4. The van der Waals surface area contributed by atoms with Crippen molar-refractivity contribution < 1.29 is 24.5 Å². The Balaban J connectivity index is 2.32. The first-order valence-corrected chi connectivity index (χ1v) is 6.99. The fourth-order valence-corrected chi connectivity index (χ4v) is 2.17. The number of ether oxygens (including phenoxy) is 1. The second kappa shape index (κ2) is 7.42. The third-order valence-corrected chi connectivity index (χ3v) is 3.18. The number of anilines is 1. The topological polar surface area (TPSA) is 87.1 Å². The number of nitrogens with zero attached hydrogens (tertiary/aromatic N) is 1. The number of para-hydroxylation sites is 1. The van der Waals surface area contributed by atoms with Crippen LogP contribution in [-0.2, 0) is 9.59 Å². The van der Waals surface area contributed by atoms with Crippen molar-refractivity contribution >= 4 is 17.6 Å².